The molecule has 138 valence electrons. The molecule has 0 aromatic carbocycles. The van der Waals surface area contributed by atoms with Crippen LogP contribution in [0.5, 0.6) is 0 Å². The number of carboxylic acids is 1. The van der Waals surface area contributed by atoms with Crippen LogP contribution in [-0.4, -0.2) is 45.2 Å². The van der Waals surface area contributed by atoms with E-state index in [9.17, 15) is 9.90 Å². The molecule has 0 saturated heterocycles. The lowest BCUT2D eigenvalue weighted by molar-refractivity contribution is -0.153. The molecule has 0 heterocycles. The molecule has 5 heteroatoms. The number of carbonyl (C=O) groups is 1. The Morgan fingerprint density at radius 3 is 1.35 bits per heavy atom. The molecule has 0 fully saturated rings. The zero-order valence-electron chi connectivity index (χ0n) is 14.5. The maximum absolute atomic E-state index is 10.5. The molecule has 4 N–H and O–H groups in total. The van der Waals surface area contributed by atoms with Gasteiger partial charge in [0.05, 0.1) is 6.10 Å². The van der Waals surface area contributed by atoms with Crippen molar-refractivity contribution in [1.82, 2.24) is 0 Å². The highest BCUT2D eigenvalue weighted by molar-refractivity contribution is 5.72. The minimum Gasteiger partial charge on any atom is -0.479 e. The van der Waals surface area contributed by atoms with E-state index >= 15 is 0 Å². The lowest BCUT2D eigenvalue weighted by Gasteiger charge is -2.13. The molecule has 2 atom stereocenters. The van der Waals surface area contributed by atoms with Gasteiger partial charge in [0.1, 0.15) is 0 Å². The predicted octanol–water partition coefficient (Wildman–Crippen LogP) is 3.25. The van der Waals surface area contributed by atoms with Crippen molar-refractivity contribution in [2.24, 2.45) is 0 Å². The average molecular weight is 332 g/mol. The van der Waals surface area contributed by atoms with Crippen LogP contribution in [0.1, 0.15) is 89.9 Å². The molecule has 0 aromatic rings. The van der Waals surface area contributed by atoms with Crippen LogP contribution in [0.4, 0.5) is 0 Å². The van der Waals surface area contributed by atoms with Gasteiger partial charge in [-0.3, -0.25) is 0 Å². The Hall–Kier alpha value is -0.650. The van der Waals surface area contributed by atoms with Crippen LogP contribution >= 0.6 is 0 Å². The molecular formula is C18H36O5. The molecular weight excluding hydrogens is 296 g/mol. The van der Waals surface area contributed by atoms with Gasteiger partial charge < -0.3 is 20.4 Å². The van der Waals surface area contributed by atoms with Crippen molar-refractivity contribution in [2.75, 3.05) is 6.61 Å². The fourth-order valence-corrected chi connectivity index (χ4v) is 2.73. The van der Waals surface area contributed by atoms with E-state index in [1.165, 1.54) is 51.4 Å². The number of hydrogen-bond acceptors (Lipinski definition) is 4. The fraction of sp³-hybridized carbons (Fsp3) is 0.944. The summed E-state index contributed by atoms with van der Waals surface area (Å²) < 4.78 is 0. The normalized spacial score (nSPS) is 13.9. The third kappa shape index (κ3) is 14.7. The lowest BCUT2D eigenvalue weighted by atomic mass is 10.0. The van der Waals surface area contributed by atoms with E-state index in [4.69, 9.17) is 15.3 Å². The summed E-state index contributed by atoms with van der Waals surface area (Å²) in [6, 6.07) is 0. The zero-order chi connectivity index (χ0) is 17.3. The van der Waals surface area contributed by atoms with Crippen molar-refractivity contribution in [3.8, 4) is 0 Å². The topological polar surface area (TPSA) is 98.0 Å². The smallest absolute Gasteiger partial charge is 0.335 e. The van der Waals surface area contributed by atoms with Gasteiger partial charge in [-0.15, -0.1) is 0 Å². The first-order chi connectivity index (χ1) is 11.1. The summed E-state index contributed by atoms with van der Waals surface area (Å²) >= 11 is 0. The summed E-state index contributed by atoms with van der Waals surface area (Å²) in [6.45, 7) is 0.319. The van der Waals surface area contributed by atoms with Gasteiger partial charge >= 0.3 is 5.97 Å². The summed E-state index contributed by atoms with van der Waals surface area (Å²) in [5.41, 5.74) is 0. The summed E-state index contributed by atoms with van der Waals surface area (Å²) in [6.07, 6.45) is 12.6. The van der Waals surface area contributed by atoms with E-state index in [0.29, 0.717) is 13.0 Å². The van der Waals surface area contributed by atoms with Crippen molar-refractivity contribution in [1.29, 1.82) is 0 Å². The van der Waals surface area contributed by atoms with Gasteiger partial charge in [0.15, 0.2) is 6.10 Å². The second-order valence-electron chi connectivity index (χ2n) is 6.46. The highest BCUT2D eigenvalue weighted by atomic mass is 16.4. The molecule has 23 heavy (non-hydrogen) atoms. The molecule has 0 spiro atoms. The molecule has 0 aliphatic carbocycles. The maximum atomic E-state index is 10.5. The molecule has 5 nitrogen and oxygen atoms in total. The first-order valence-electron chi connectivity index (χ1n) is 9.29. The Bertz CT molecular complexity index is 270. The van der Waals surface area contributed by atoms with Crippen molar-refractivity contribution in [2.45, 2.75) is 102 Å². The number of rotatable bonds is 17. The Labute approximate surface area is 140 Å². The van der Waals surface area contributed by atoms with E-state index in [-0.39, 0.29) is 0 Å². The second-order valence-corrected chi connectivity index (χ2v) is 6.46. The van der Waals surface area contributed by atoms with E-state index in [1.54, 1.807) is 0 Å². The third-order valence-corrected chi connectivity index (χ3v) is 4.28. The van der Waals surface area contributed by atoms with Gasteiger partial charge in [-0.05, 0) is 12.8 Å². The number of aliphatic hydroxyl groups is 3. The van der Waals surface area contributed by atoms with Gasteiger partial charge in [0.2, 0.25) is 0 Å². The van der Waals surface area contributed by atoms with Crippen LogP contribution < -0.4 is 0 Å². The largest absolute Gasteiger partial charge is 0.479 e. The fourth-order valence-electron chi connectivity index (χ4n) is 2.73. The van der Waals surface area contributed by atoms with Crippen LogP contribution in [0.3, 0.4) is 0 Å². The van der Waals surface area contributed by atoms with Crippen LogP contribution in [0.2, 0.25) is 0 Å². The minimum atomic E-state index is -1.65. The molecule has 0 rings (SSSR count). The molecule has 0 amide bonds. The van der Waals surface area contributed by atoms with Crippen molar-refractivity contribution < 1.29 is 25.2 Å². The van der Waals surface area contributed by atoms with Crippen LogP contribution in [0, 0.1) is 0 Å². The summed E-state index contributed by atoms with van der Waals surface area (Å²) in [7, 11) is 0. The van der Waals surface area contributed by atoms with Crippen molar-refractivity contribution in [3.63, 3.8) is 0 Å². The van der Waals surface area contributed by atoms with Crippen molar-refractivity contribution >= 4 is 5.97 Å². The average Bonchev–Trinajstić information content (AvgIpc) is 2.54. The highest BCUT2D eigenvalue weighted by Gasteiger charge is 2.22. The van der Waals surface area contributed by atoms with E-state index in [2.05, 4.69) is 0 Å². The Morgan fingerprint density at radius 2 is 1.00 bits per heavy atom. The van der Waals surface area contributed by atoms with Gasteiger partial charge in [-0.1, -0.05) is 77.0 Å². The number of aliphatic carboxylic acids is 1. The number of carboxylic acid groups (broad SMARTS) is 1. The quantitative estimate of drug-likeness (QED) is 0.307. The van der Waals surface area contributed by atoms with Gasteiger partial charge in [-0.25, -0.2) is 4.79 Å². The van der Waals surface area contributed by atoms with E-state index < -0.39 is 18.2 Å². The van der Waals surface area contributed by atoms with Crippen molar-refractivity contribution in [3.05, 3.63) is 0 Å². The predicted molar refractivity (Wildman–Crippen MR) is 91.4 cm³/mol. The standard InChI is InChI=1S/C18H36O5/c19-15-13-11-9-7-5-3-1-2-4-6-8-10-12-14-16(20)17(21)18(22)23/h16-17,19-21H,1-15H2,(H,22,23). The SMILES string of the molecule is O=C(O)C(O)C(O)CCCCCCCCCCCCCCCO. The molecule has 0 bridgehead atoms. The first-order valence-corrected chi connectivity index (χ1v) is 9.29. The van der Waals surface area contributed by atoms with Gasteiger partial charge in [0.25, 0.3) is 0 Å². The third-order valence-electron chi connectivity index (χ3n) is 4.28. The Morgan fingerprint density at radius 1 is 0.652 bits per heavy atom. The number of aliphatic hydroxyl groups excluding tert-OH is 3. The Balaban J connectivity index is 3.18. The number of unbranched alkanes of at least 4 members (excludes halogenated alkanes) is 12. The highest BCUT2D eigenvalue weighted by Crippen LogP contribution is 2.14. The maximum Gasteiger partial charge on any atom is 0.335 e. The van der Waals surface area contributed by atoms with Gasteiger partial charge in [0, 0.05) is 6.61 Å². The lowest BCUT2D eigenvalue weighted by Crippen LogP contribution is -2.33. The van der Waals surface area contributed by atoms with Gasteiger partial charge in [-0.2, -0.15) is 0 Å². The minimum absolute atomic E-state index is 0.319. The Kier molecular flexibility index (Phi) is 15.8. The molecule has 0 radical (unpaired) electrons. The molecule has 0 saturated carbocycles. The van der Waals surface area contributed by atoms with Crippen LogP contribution in [-0.2, 0) is 4.79 Å². The summed E-state index contributed by atoms with van der Waals surface area (Å²) in [5, 5.41) is 35.8. The van der Waals surface area contributed by atoms with Crippen LogP contribution in [0.15, 0.2) is 0 Å². The first kappa shape index (κ1) is 22.4. The summed E-state index contributed by atoms with van der Waals surface area (Å²) in [4.78, 5) is 10.5. The molecule has 0 aromatic heterocycles. The zero-order valence-corrected chi connectivity index (χ0v) is 14.5. The summed E-state index contributed by atoms with van der Waals surface area (Å²) in [5.74, 6) is -1.36. The number of hydrogen-bond donors (Lipinski definition) is 4. The van der Waals surface area contributed by atoms with E-state index in [1.807, 2.05) is 0 Å². The molecule has 0 aliphatic rings. The monoisotopic (exact) mass is 332 g/mol. The molecule has 2 unspecified atom stereocenters. The van der Waals surface area contributed by atoms with E-state index in [0.717, 1.165) is 32.1 Å². The second kappa shape index (κ2) is 16.2. The molecule has 0 aliphatic heterocycles. The van der Waals surface area contributed by atoms with Crippen LogP contribution in [0.25, 0.3) is 0 Å².